The number of nitrogens with zero attached hydrogens (tertiary/aromatic N) is 4. The van der Waals surface area contributed by atoms with Crippen molar-refractivity contribution in [2.24, 2.45) is 5.92 Å². The standard InChI is InChI=1S/C12H20N4O2S/c1-4-10-5-13-12(14-6-10)16-8-11(9-16)7-15(2)19(3,17)18/h5-6,11H,4,7-9H2,1-3H3. The van der Waals surface area contributed by atoms with E-state index in [0.717, 1.165) is 31.0 Å². The molecule has 2 rings (SSSR count). The van der Waals surface area contributed by atoms with Crippen molar-refractivity contribution in [2.45, 2.75) is 13.3 Å². The molecular formula is C12H20N4O2S. The molecule has 0 spiro atoms. The van der Waals surface area contributed by atoms with Gasteiger partial charge < -0.3 is 4.90 Å². The molecule has 19 heavy (non-hydrogen) atoms. The minimum Gasteiger partial charge on any atom is -0.340 e. The average Bonchev–Trinajstić information content (AvgIpc) is 2.32. The molecule has 0 bridgehead atoms. The van der Waals surface area contributed by atoms with E-state index in [9.17, 15) is 8.42 Å². The first-order chi connectivity index (χ1) is 8.90. The van der Waals surface area contributed by atoms with Crippen molar-refractivity contribution in [1.29, 1.82) is 0 Å². The maximum Gasteiger partial charge on any atom is 0.225 e. The number of hydrogen-bond acceptors (Lipinski definition) is 5. The van der Waals surface area contributed by atoms with Gasteiger partial charge in [0, 0.05) is 45.0 Å². The molecule has 1 aromatic rings. The van der Waals surface area contributed by atoms with E-state index in [1.165, 1.54) is 10.6 Å². The van der Waals surface area contributed by atoms with E-state index in [1.54, 1.807) is 7.05 Å². The van der Waals surface area contributed by atoms with Gasteiger partial charge in [-0.15, -0.1) is 0 Å². The van der Waals surface area contributed by atoms with Crippen LogP contribution in [-0.4, -0.2) is 55.6 Å². The summed E-state index contributed by atoms with van der Waals surface area (Å²) in [4.78, 5) is 10.7. The van der Waals surface area contributed by atoms with Crippen LogP contribution in [0.2, 0.25) is 0 Å². The molecule has 1 aromatic heterocycles. The Hall–Kier alpha value is -1.21. The summed E-state index contributed by atoms with van der Waals surface area (Å²) in [7, 11) is -1.47. The SMILES string of the molecule is CCc1cnc(N2CC(CN(C)S(C)(=O)=O)C2)nc1. The van der Waals surface area contributed by atoms with Crippen LogP contribution in [0, 0.1) is 5.92 Å². The topological polar surface area (TPSA) is 66.4 Å². The third-order valence-electron chi connectivity index (χ3n) is 3.42. The summed E-state index contributed by atoms with van der Waals surface area (Å²) in [5.74, 6) is 1.09. The summed E-state index contributed by atoms with van der Waals surface area (Å²) < 4.78 is 24.0. The maximum atomic E-state index is 11.3. The molecule has 0 saturated carbocycles. The zero-order valence-corrected chi connectivity index (χ0v) is 12.4. The van der Waals surface area contributed by atoms with Crippen molar-refractivity contribution in [3.8, 4) is 0 Å². The van der Waals surface area contributed by atoms with Crippen molar-refractivity contribution < 1.29 is 8.42 Å². The number of aromatic nitrogens is 2. The fourth-order valence-electron chi connectivity index (χ4n) is 2.04. The van der Waals surface area contributed by atoms with E-state index >= 15 is 0 Å². The van der Waals surface area contributed by atoms with Gasteiger partial charge in [0.1, 0.15) is 0 Å². The smallest absolute Gasteiger partial charge is 0.225 e. The molecule has 1 aliphatic heterocycles. The van der Waals surface area contributed by atoms with Gasteiger partial charge in [0.25, 0.3) is 0 Å². The monoisotopic (exact) mass is 284 g/mol. The molecule has 7 heteroatoms. The van der Waals surface area contributed by atoms with Gasteiger partial charge in [-0.25, -0.2) is 22.7 Å². The number of hydrogen-bond donors (Lipinski definition) is 0. The summed E-state index contributed by atoms with van der Waals surface area (Å²) in [5, 5.41) is 0. The van der Waals surface area contributed by atoms with Crippen LogP contribution < -0.4 is 4.90 Å². The van der Waals surface area contributed by atoms with Crippen LogP contribution >= 0.6 is 0 Å². The van der Waals surface area contributed by atoms with Crippen molar-refractivity contribution in [2.75, 3.05) is 37.8 Å². The quantitative estimate of drug-likeness (QED) is 0.781. The molecule has 6 nitrogen and oxygen atoms in total. The Kier molecular flexibility index (Phi) is 4.05. The Bertz CT molecular complexity index is 523. The summed E-state index contributed by atoms with van der Waals surface area (Å²) in [5.41, 5.74) is 1.12. The highest BCUT2D eigenvalue weighted by Gasteiger charge is 2.31. The molecular weight excluding hydrogens is 264 g/mol. The summed E-state index contributed by atoms with van der Waals surface area (Å²) in [6.45, 7) is 4.25. The van der Waals surface area contributed by atoms with Gasteiger partial charge in [0.15, 0.2) is 0 Å². The Morgan fingerprint density at radius 1 is 1.37 bits per heavy atom. The van der Waals surface area contributed by atoms with Crippen molar-refractivity contribution in [3.05, 3.63) is 18.0 Å². The van der Waals surface area contributed by atoms with E-state index in [4.69, 9.17) is 0 Å². The number of aryl methyl sites for hydroxylation is 1. The Labute approximate surface area is 114 Å². The van der Waals surface area contributed by atoms with Crippen molar-refractivity contribution in [3.63, 3.8) is 0 Å². The first-order valence-electron chi connectivity index (χ1n) is 6.37. The zero-order valence-electron chi connectivity index (χ0n) is 11.6. The predicted molar refractivity (Wildman–Crippen MR) is 74.6 cm³/mol. The Morgan fingerprint density at radius 3 is 2.42 bits per heavy atom. The largest absolute Gasteiger partial charge is 0.340 e. The lowest BCUT2D eigenvalue weighted by Crippen LogP contribution is -2.52. The van der Waals surface area contributed by atoms with Crippen LogP contribution in [0.5, 0.6) is 0 Å². The fourth-order valence-corrected chi connectivity index (χ4v) is 2.52. The molecule has 0 aliphatic carbocycles. The number of rotatable bonds is 5. The molecule has 1 fully saturated rings. The number of anilines is 1. The lowest BCUT2D eigenvalue weighted by atomic mass is 10.0. The second-order valence-electron chi connectivity index (χ2n) is 5.06. The number of sulfonamides is 1. The average molecular weight is 284 g/mol. The van der Waals surface area contributed by atoms with Crippen molar-refractivity contribution in [1.82, 2.24) is 14.3 Å². The lowest BCUT2D eigenvalue weighted by molar-refractivity contribution is 0.325. The molecule has 1 saturated heterocycles. The van der Waals surface area contributed by atoms with Gasteiger partial charge in [-0.05, 0) is 12.0 Å². The molecule has 0 unspecified atom stereocenters. The third-order valence-corrected chi connectivity index (χ3v) is 4.70. The summed E-state index contributed by atoms with van der Waals surface area (Å²) in [6, 6.07) is 0. The van der Waals surface area contributed by atoms with E-state index in [-0.39, 0.29) is 0 Å². The molecule has 0 N–H and O–H groups in total. The summed E-state index contributed by atoms with van der Waals surface area (Å²) in [6.07, 6.45) is 5.86. The van der Waals surface area contributed by atoms with Crippen LogP contribution in [-0.2, 0) is 16.4 Å². The van der Waals surface area contributed by atoms with Crippen molar-refractivity contribution >= 4 is 16.0 Å². The van der Waals surface area contributed by atoms with Gasteiger partial charge in [-0.1, -0.05) is 6.92 Å². The minimum atomic E-state index is -3.08. The lowest BCUT2D eigenvalue weighted by Gasteiger charge is -2.40. The molecule has 0 aromatic carbocycles. The van der Waals surface area contributed by atoms with Gasteiger partial charge in [0.2, 0.25) is 16.0 Å². The molecule has 0 amide bonds. The first-order valence-corrected chi connectivity index (χ1v) is 8.22. The van der Waals surface area contributed by atoms with Gasteiger partial charge in [-0.2, -0.15) is 0 Å². The second kappa shape index (κ2) is 5.42. The predicted octanol–water partition coefficient (Wildman–Crippen LogP) is 0.367. The zero-order chi connectivity index (χ0) is 14.0. The van der Waals surface area contributed by atoms with Crippen LogP contribution in [0.1, 0.15) is 12.5 Å². The third kappa shape index (κ3) is 3.42. The van der Waals surface area contributed by atoms with Crippen LogP contribution in [0.3, 0.4) is 0 Å². The summed E-state index contributed by atoms with van der Waals surface area (Å²) >= 11 is 0. The van der Waals surface area contributed by atoms with E-state index < -0.39 is 10.0 Å². The van der Waals surface area contributed by atoms with E-state index in [1.807, 2.05) is 12.4 Å². The molecule has 2 heterocycles. The Balaban J connectivity index is 1.85. The fraction of sp³-hybridized carbons (Fsp3) is 0.667. The van der Waals surface area contributed by atoms with Crippen LogP contribution in [0.15, 0.2) is 12.4 Å². The molecule has 1 aliphatic rings. The first kappa shape index (κ1) is 14.2. The Morgan fingerprint density at radius 2 is 1.95 bits per heavy atom. The second-order valence-corrected chi connectivity index (χ2v) is 7.15. The molecule has 106 valence electrons. The molecule has 0 radical (unpaired) electrons. The highest BCUT2D eigenvalue weighted by atomic mass is 32.2. The molecule has 0 atom stereocenters. The van der Waals surface area contributed by atoms with Gasteiger partial charge >= 0.3 is 0 Å². The highest BCUT2D eigenvalue weighted by Crippen LogP contribution is 2.21. The van der Waals surface area contributed by atoms with E-state index in [0.29, 0.717) is 12.5 Å². The van der Waals surface area contributed by atoms with Gasteiger partial charge in [0.05, 0.1) is 6.26 Å². The minimum absolute atomic E-state index is 0.356. The van der Waals surface area contributed by atoms with Gasteiger partial charge in [-0.3, -0.25) is 0 Å². The van der Waals surface area contributed by atoms with Crippen LogP contribution in [0.25, 0.3) is 0 Å². The van der Waals surface area contributed by atoms with E-state index in [2.05, 4.69) is 21.8 Å². The normalized spacial score (nSPS) is 16.7. The van der Waals surface area contributed by atoms with Crippen LogP contribution in [0.4, 0.5) is 5.95 Å². The maximum absolute atomic E-state index is 11.3. The highest BCUT2D eigenvalue weighted by molar-refractivity contribution is 7.88.